The van der Waals surface area contributed by atoms with Gasteiger partial charge in [-0.05, 0) is 43.2 Å². The monoisotopic (exact) mass is 351 g/mol. The lowest BCUT2D eigenvalue weighted by molar-refractivity contribution is -0.141. The Kier molecular flexibility index (Phi) is 5.11. The van der Waals surface area contributed by atoms with Crippen molar-refractivity contribution in [2.24, 2.45) is 0 Å². The molecule has 0 spiro atoms. The molecule has 134 valence electrons. The molecule has 1 amide bonds. The number of halogens is 3. The first kappa shape index (κ1) is 17.5. The lowest BCUT2D eigenvalue weighted by atomic mass is 10.1. The highest BCUT2D eigenvalue weighted by atomic mass is 19.4. The number of likely N-dealkylation sites (tertiary alicyclic amines) is 1. The fraction of sp³-hybridized carbons (Fsp3) is 0.444. The molecule has 1 aromatic carbocycles. The SMILES string of the molecule is O=C(c1ccc(-n2ccc(C(F)(F)F)n2)cc1)N1CCCCCCC1. The van der Waals surface area contributed by atoms with E-state index >= 15 is 0 Å². The second-order valence-corrected chi connectivity index (χ2v) is 6.25. The summed E-state index contributed by atoms with van der Waals surface area (Å²) in [5.74, 6) is -0.0232. The molecule has 2 heterocycles. The predicted molar refractivity (Wildman–Crippen MR) is 87.6 cm³/mol. The van der Waals surface area contributed by atoms with Gasteiger partial charge in [0.05, 0.1) is 5.69 Å². The lowest BCUT2D eigenvalue weighted by Crippen LogP contribution is -2.33. The van der Waals surface area contributed by atoms with Crippen LogP contribution in [0.5, 0.6) is 0 Å². The summed E-state index contributed by atoms with van der Waals surface area (Å²) >= 11 is 0. The maximum absolute atomic E-state index is 12.6. The Labute approximate surface area is 144 Å². The van der Waals surface area contributed by atoms with Gasteiger partial charge in [0.25, 0.3) is 5.91 Å². The number of hydrogen-bond donors (Lipinski definition) is 0. The van der Waals surface area contributed by atoms with Gasteiger partial charge in [-0.3, -0.25) is 4.79 Å². The Bertz CT molecular complexity index is 714. The number of alkyl halides is 3. The van der Waals surface area contributed by atoms with Crippen molar-refractivity contribution in [3.05, 3.63) is 47.8 Å². The number of nitrogens with zero attached hydrogens (tertiary/aromatic N) is 3. The van der Waals surface area contributed by atoms with Crippen molar-refractivity contribution >= 4 is 5.91 Å². The van der Waals surface area contributed by atoms with Gasteiger partial charge in [-0.15, -0.1) is 0 Å². The van der Waals surface area contributed by atoms with E-state index in [-0.39, 0.29) is 5.91 Å². The van der Waals surface area contributed by atoms with Crippen LogP contribution in [0.4, 0.5) is 13.2 Å². The van der Waals surface area contributed by atoms with Crippen LogP contribution in [0.1, 0.15) is 48.2 Å². The van der Waals surface area contributed by atoms with Crippen molar-refractivity contribution in [2.75, 3.05) is 13.1 Å². The van der Waals surface area contributed by atoms with E-state index in [1.54, 1.807) is 24.3 Å². The minimum absolute atomic E-state index is 0.0232. The average Bonchev–Trinajstić information content (AvgIpc) is 3.04. The number of benzene rings is 1. The molecular formula is C18H20F3N3O. The summed E-state index contributed by atoms with van der Waals surface area (Å²) in [6, 6.07) is 7.45. The van der Waals surface area contributed by atoms with Crippen molar-refractivity contribution in [2.45, 2.75) is 38.3 Å². The Morgan fingerprint density at radius 3 is 2.08 bits per heavy atom. The van der Waals surface area contributed by atoms with Gasteiger partial charge in [0.2, 0.25) is 0 Å². The largest absolute Gasteiger partial charge is 0.435 e. The molecule has 0 bridgehead atoms. The summed E-state index contributed by atoms with van der Waals surface area (Å²) in [4.78, 5) is 14.5. The van der Waals surface area contributed by atoms with Gasteiger partial charge in [-0.25, -0.2) is 4.68 Å². The minimum atomic E-state index is -4.47. The fourth-order valence-electron chi connectivity index (χ4n) is 3.01. The molecule has 1 aromatic heterocycles. The van der Waals surface area contributed by atoms with Gasteiger partial charge in [0, 0.05) is 24.8 Å². The molecule has 25 heavy (non-hydrogen) atoms. The van der Waals surface area contributed by atoms with Crippen LogP contribution in [0.2, 0.25) is 0 Å². The quantitative estimate of drug-likeness (QED) is 0.809. The molecule has 0 N–H and O–H groups in total. The topological polar surface area (TPSA) is 38.1 Å². The first-order valence-electron chi connectivity index (χ1n) is 8.48. The minimum Gasteiger partial charge on any atom is -0.339 e. The van der Waals surface area contributed by atoms with Crippen LogP contribution in [0.15, 0.2) is 36.5 Å². The van der Waals surface area contributed by atoms with E-state index in [1.165, 1.54) is 12.6 Å². The molecule has 1 fully saturated rings. The van der Waals surface area contributed by atoms with E-state index in [9.17, 15) is 18.0 Å². The Morgan fingerprint density at radius 2 is 1.52 bits per heavy atom. The Morgan fingerprint density at radius 1 is 0.920 bits per heavy atom. The van der Waals surface area contributed by atoms with E-state index in [2.05, 4.69) is 5.10 Å². The summed E-state index contributed by atoms with van der Waals surface area (Å²) in [7, 11) is 0. The summed E-state index contributed by atoms with van der Waals surface area (Å²) in [5.41, 5.74) is 0.0977. The van der Waals surface area contributed by atoms with Crippen LogP contribution < -0.4 is 0 Å². The molecule has 7 heteroatoms. The first-order chi connectivity index (χ1) is 11.9. The van der Waals surface area contributed by atoms with Crippen molar-refractivity contribution in [3.63, 3.8) is 0 Å². The zero-order chi connectivity index (χ0) is 17.9. The van der Waals surface area contributed by atoms with E-state index in [4.69, 9.17) is 0 Å². The van der Waals surface area contributed by atoms with Crippen molar-refractivity contribution in [1.82, 2.24) is 14.7 Å². The van der Waals surface area contributed by atoms with Crippen LogP contribution >= 0.6 is 0 Å². The van der Waals surface area contributed by atoms with Gasteiger partial charge in [-0.2, -0.15) is 18.3 Å². The maximum Gasteiger partial charge on any atom is 0.435 e. The van der Waals surface area contributed by atoms with Crippen molar-refractivity contribution in [3.8, 4) is 5.69 Å². The zero-order valence-corrected chi connectivity index (χ0v) is 13.8. The van der Waals surface area contributed by atoms with Gasteiger partial charge >= 0.3 is 6.18 Å². The summed E-state index contributed by atoms with van der Waals surface area (Å²) < 4.78 is 39.0. The Balaban J connectivity index is 1.73. The maximum atomic E-state index is 12.6. The fourth-order valence-corrected chi connectivity index (χ4v) is 3.01. The molecule has 1 saturated heterocycles. The number of carbonyl (C=O) groups is 1. The summed E-state index contributed by atoms with van der Waals surface area (Å²) in [6.07, 6.45) is 2.33. The number of hydrogen-bond acceptors (Lipinski definition) is 2. The van der Waals surface area contributed by atoms with Crippen molar-refractivity contribution in [1.29, 1.82) is 0 Å². The molecule has 0 radical (unpaired) electrons. The smallest absolute Gasteiger partial charge is 0.339 e. The molecular weight excluding hydrogens is 331 g/mol. The zero-order valence-electron chi connectivity index (χ0n) is 13.8. The van der Waals surface area contributed by atoms with Crippen LogP contribution in [0.3, 0.4) is 0 Å². The van der Waals surface area contributed by atoms with Gasteiger partial charge in [-0.1, -0.05) is 19.3 Å². The van der Waals surface area contributed by atoms with E-state index in [0.29, 0.717) is 11.3 Å². The molecule has 0 saturated carbocycles. The van der Waals surface area contributed by atoms with Crippen molar-refractivity contribution < 1.29 is 18.0 Å². The molecule has 1 aliphatic rings. The molecule has 3 rings (SSSR count). The van der Waals surface area contributed by atoms with Crippen LogP contribution in [0.25, 0.3) is 5.69 Å². The number of carbonyl (C=O) groups excluding carboxylic acids is 1. The van der Waals surface area contributed by atoms with E-state index < -0.39 is 11.9 Å². The molecule has 1 aliphatic heterocycles. The highest BCUT2D eigenvalue weighted by Crippen LogP contribution is 2.28. The second kappa shape index (κ2) is 7.29. The van der Waals surface area contributed by atoms with Crippen LogP contribution in [0, 0.1) is 0 Å². The summed E-state index contributed by atoms with van der Waals surface area (Å²) in [5, 5.41) is 3.54. The van der Waals surface area contributed by atoms with E-state index in [0.717, 1.165) is 49.5 Å². The second-order valence-electron chi connectivity index (χ2n) is 6.25. The highest BCUT2D eigenvalue weighted by molar-refractivity contribution is 5.94. The third-order valence-corrected chi connectivity index (χ3v) is 4.40. The third kappa shape index (κ3) is 4.21. The van der Waals surface area contributed by atoms with Gasteiger partial charge in [0.15, 0.2) is 5.69 Å². The average molecular weight is 351 g/mol. The molecule has 0 aliphatic carbocycles. The third-order valence-electron chi connectivity index (χ3n) is 4.40. The standard InChI is InChI=1S/C18H20F3N3O/c19-18(20,21)16-10-13-24(22-16)15-8-6-14(7-9-15)17(25)23-11-4-2-1-3-5-12-23/h6-10,13H,1-5,11-12H2. The predicted octanol–water partition coefficient (Wildman–Crippen LogP) is 4.30. The van der Waals surface area contributed by atoms with Crippen LogP contribution in [-0.2, 0) is 6.18 Å². The molecule has 2 aromatic rings. The van der Waals surface area contributed by atoms with Gasteiger partial charge in [0.1, 0.15) is 0 Å². The Hall–Kier alpha value is -2.31. The van der Waals surface area contributed by atoms with Crippen LogP contribution in [-0.4, -0.2) is 33.7 Å². The van der Waals surface area contributed by atoms with E-state index in [1.807, 2.05) is 4.90 Å². The first-order valence-corrected chi connectivity index (χ1v) is 8.48. The number of rotatable bonds is 2. The lowest BCUT2D eigenvalue weighted by Gasteiger charge is -2.24. The summed E-state index contributed by atoms with van der Waals surface area (Å²) in [6.45, 7) is 1.52. The highest BCUT2D eigenvalue weighted by Gasteiger charge is 2.33. The number of aromatic nitrogens is 2. The number of amides is 1. The molecule has 4 nitrogen and oxygen atoms in total. The van der Waals surface area contributed by atoms with Gasteiger partial charge < -0.3 is 4.90 Å². The molecule has 0 atom stereocenters. The normalized spacial score (nSPS) is 16.4. The molecule has 0 unspecified atom stereocenters.